The second kappa shape index (κ2) is 8.48. The minimum Gasteiger partial charge on any atom is -0.345 e. The highest BCUT2D eigenvalue weighted by molar-refractivity contribution is 7.89. The summed E-state index contributed by atoms with van der Waals surface area (Å²) in [5.41, 5.74) is 2.72. The van der Waals surface area contributed by atoms with Crippen LogP contribution in [-0.2, 0) is 14.8 Å². The maximum Gasteiger partial charge on any atom is 0.253 e. The molecule has 2 aromatic carbocycles. The Bertz CT molecular complexity index is 1210. The fraction of sp³-hybridized carbons (Fsp3) is 0.286. The molecule has 3 N–H and O–H groups in total. The third-order valence-electron chi connectivity index (χ3n) is 5.26. The number of aromatic nitrogens is 2. The van der Waals surface area contributed by atoms with Crippen LogP contribution in [0.25, 0.3) is 11.0 Å². The maximum absolute atomic E-state index is 12.8. The van der Waals surface area contributed by atoms with Crippen molar-refractivity contribution in [2.45, 2.75) is 30.7 Å². The van der Waals surface area contributed by atoms with Crippen LogP contribution in [0.5, 0.6) is 0 Å². The molecule has 4 rings (SSSR count). The van der Waals surface area contributed by atoms with Gasteiger partial charge in [0, 0.05) is 37.3 Å². The first-order chi connectivity index (χ1) is 14.8. The van der Waals surface area contributed by atoms with Gasteiger partial charge in [-0.15, -0.1) is 0 Å². The highest BCUT2D eigenvalue weighted by atomic mass is 32.2. The van der Waals surface area contributed by atoms with Crippen LogP contribution in [0.3, 0.4) is 0 Å². The first kappa shape index (κ1) is 21.0. The van der Waals surface area contributed by atoms with Crippen molar-refractivity contribution in [2.75, 3.05) is 18.4 Å². The number of rotatable bonds is 5. The summed E-state index contributed by atoms with van der Waals surface area (Å²) in [5.74, 6) is -0.300. The number of H-pyrrole nitrogens is 1. The number of aromatic amines is 1. The van der Waals surface area contributed by atoms with E-state index in [2.05, 4.69) is 20.0 Å². The van der Waals surface area contributed by atoms with Crippen molar-refractivity contribution in [3.63, 3.8) is 0 Å². The van der Waals surface area contributed by atoms with Crippen LogP contribution in [0, 0.1) is 0 Å². The van der Waals surface area contributed by atoms with Crippen LogP contribution >= 0.6 is 0 Å². The van der Waals surface area contributed by atoms with Crippen LogP contribution in [0.1, 0.15) is 30.1 Å². The number of sulfonamides is 1. The minimum atomic E-state index is -3.69. The van der Waals surface area contributed by atoms with Crippen LogP contribution in [-0.4, -0.2) is 54.2 Å². The van der Waals surface area contributed by atoms with Crippen molar-refractivity contribution >= 4 is 38.6 Å². The highest BCUT2D eigenvalue weighted by Crippen LogP contribution is 2.20. The molecule has 162 valence electrons. The summed E-state index contributed by atoms with van der Waals surface area (Å²) in [6.07, 6.45) is 2.65. The number of hydrogen-bond acceptors (Lipinski definition) is 5. The molecule has 1 aliphatic rings. The molecule has 0 aliphatic carbocycles. The van der Waals surface area contributed by atoms with Crippen molar-refractivity contribution in [1.82, 2.24) is 19.6 Å². The maximum atomic E-state index is 12.8. The molecule has 9 nitrogen and oxygen atoms in total. The van der Waals surface area contributed by atoms with Crippen molar-refractivity contribution in [3.8, 4) is 0 Å². The normalized spacial score (nSPS) is 15.2. The molecule has 2 heterocycles. The molecule has 0 bridgehead atoms. The number of likely N-dealkylation sites (tertiary alicyclic amines) is 1. The van der Waals surface area contributed by atoms with Gasteiger partial charge in [0.15, 0.2) is 0 Å². The van der Waals surface area contributed by atoms with Crippen molar-refractivity contribution in [3.05, 3.63) is 54.4 Å². The second-order valence-electron chi connectivity index (χ2n) is 7.53. The lowest BCUT2D eigenvalue weighted by molar-refractivity contribution is -0.114. The van der Waals surface area contributed by atoms with Crippen LogP contribution < -0.4 is 10.0 Å². The van der Waals surface area contributed by atoms with Crippen molar-refractivity contribution < 1.29 is 18.0 Å². The zero-order chi connectivity index (χ0) is 22.0. The molecule has 10 heteroatoms. The number of nitrogens with zero attached hydrogens (tertiary/aromatic N) is 2. The standard InChI is InChI=1S/C21H23N5O4S/c1-14(27)24-16-3-5-18(6-4-16)31(29,30)25-17-8-10-26(11-9-17)21(28)15-2-7-19-20(12-15)23-13-22-19/h2-7,12-13,17,25H,8-11H2,1H3,(H,22,23)(H,24,27). The quantitative estimate of drug-likeness (QED) is 0.559. The number of benzene rings is 2. The summed E-state index contributed by atoms with van der Waals surface area (Å²) in [4.78, 5) is 32.9. The van der Waals surface area contributed by atoms with E-state index in [1.54, 1.807) is 41.6 Å². The summed E-state index contributed by atoms with van der Waals surface area (Å²) in [5, 5.41) is 2.60. The van der Waals surface area contributed by atoms with E-state index in [1.807, 2.05) is 0 Å². The summed E-state index contributed by atoms with van der Waals surface area (Å²) < 4.78 is 28.1. The predicted octanol–water partition coefficient (Wildman–Crippen LogP) is 2.10. The van der Waals surface area contributed by atoms with Gasteiger partial charge in [-0.25, -0.2) is 18.1 Å². The third kappa shape index (κ3) is 4.75. The predicted molar refractivity (Wildman–Crippen MR) is 116 cm³/mol. The van der Waals surface area contributed by atoms with Gasteiger partial charge in [-0.2, -0.15) is 0 Å². The number of imidazole rings is 1. The van der Waals surface area contributed by atoms with Gasteiger partial charge in [0.1, 0.15) is 0 Å². The Hall–Kier alpha value is -3.24. The summed E-state index contributed by atoms with van der Waals surface area (Å²) in [6, 6.07) is 11.1. The number of carbonyl (C=O) groups is 2. The summed E-state index contributed by atoms with van der Waals surface area (Å²) in [6.45, 7) is 2.32. The van der Waals surface area contributed by atoms with E-state index < -0.39 is 10.0 Å². The molecule has 3 aromatic rings. The SMILES string of the molecule is CC(=O)Nc1ccc(S(=O)(=O)NC2CCN(C(=O)c3ccc4nc[nH]c4c3)CC2)cc1. The van der Waals surface area contributed by atoms with E-state index in [-0.39, 0.29) is 22.8 Å². The Labute approximate surface area is 179 Å². The van der Waals surface area contributed by atoms with E-state index in [0.717, 1.165) is 11.0 Å². The largest absolute Gasteiger partial charge is 0.345 e. The Morgan fingerprint density at radius 2 is 1.81 bits per heavy atom. The van der Waals surface area contributed by atoms with E-state index in [0.29, 0.717) is 37.2 Å². The molecule has 0 atom stereocenters. The highest BCUT2D eigenvalue weighted by Gasteiger charge is 2.27. The molecular formula is C21H23N5O4S. The van der Waals surface area contributed by atoms with Gasteiger partial charge < -0.3 is 15.2 Å². The third-order valence-corrected chi connectivity index (χ3v) is 6.79. The molecule has 2 amide bonds. The molecule has 0 radical (unpaired) electrons. The molecule has 1 aromatic heterocycles. The topological polar surface area (TPSA) is 124 Å². The Balaban J connectivity index is 1.35. The Morgan fingerprint density at radius 3 is 2.48 bits per heavy atom. The lowest BCUT2D eigenvalue weighted by atomic mass is 10.0. The van der Waals surface area contributed by atoms with Gasteiger partial charge in [-0.1, -0.05) is 0 Å². The smallest absolute Gasteiger partial charge is 0.253 e. The minimum absolute atomic E-state index is 0.0774. The van der Waals surface area contributed by atoms with E-state index in [1.165, 1.54) is 19.1 Å². The lowest BCUT2D eigenvalue weighted by Crippen LogP contribution is -2.46. The molecule has 0 unspecified atom stereocenters. The van der Waals surface area contributed by atoms with E-state index in [9.17, 15) is 18.0 Å². The average molecular weight is 442 g/mol. The van der Waals surface area contributed by atoms with Crippen LogP contribution in [0.15, 0.2) is 53.7 Å². The molecular weight excluding hydrogens is 418 g/mol. The van der Waals surface area contributed by atoms with E-state index in [4.69, 9.17) is 0 Å². The van der Waals surface area contributed by atoms with Gasteiger partial charge in [-0.3, -0.25) is 9.59 Å². The molecule has 1 aliphatic heterocycles. The Kier molecular flexibility index (Phi) is 5.75. The monoisotopic (exact) mass is 441 g/mol. The first-order valence-corrected chi connectivity index (χ1v) is 11.4. The summed E-state index contributed by atoms with van der Waals surface area (Å²) in [7, 11) is -3.69. The zero-order valence-electron chi connectivity index (χ0n) is 17.0. The molecule has 0 saturated carbocycles. The number of carbonyl (C=O) groups excluding carboxylic acids is 2. The van der Waals surface area contributed by atoms with Gasteiger partial charge in [0.25, 0.3) is 5.91 Å². The zero-order valence-corrected chi connectivity index (χ0v) is 17.8. The fourth-order valence-corrected chi connectivity index (χ4v) is 4.96. The van der Waals surface area contributed by atoms with E-state index >= 15 is 0 Å². The number of piperidine rings is 1. The number of fused-ring (bicyclic) bond motifs is 1. The van der Waals surface area contributed by atoms with Crippen molar-refractivity contribution in [2.24, 2.45) is 0 Å². The van der Waals surface area contributed by atoms with Gasteiger partial charge in [0.2, 0.25) is 15.9 Å². The number of anilines is 1. The van der Waals surface area contributed by atoms with Gasteiger partial charge in [-0.05, 0) is 55.3 Å². The second-order valence-corrected chi connectivity index (χ2v) is 9.24. The molecule has 0 spiro atoms. The van der Waals surface area contributed by atoms with Gasteiger partial charge in [0.05, 0.1) is 22.3 Å². The molecule has 1 saturated heterocycles. The Morgan fingerprint density at radius 1 is 1.10 bits per heavy atom. The molecule has 31 heavy (non-hydrogen) atoms. The number of amides is 2. The van der Waals surface area contributed by atoms with Crippen molar-refractivity contribution in [1.29, 1.82) is 0 Å². The number of hydrogen-bond donors (Lipinski definition) is 3. The van der Waals surface area contributed by atoms with Crippen LogP contribution in [0.2, 0.25) is 0 Å². The summed E-state index contributed by atoms with van der Waals surface area (Å²) >= 11 is 0. The molecule has 1 fully saturated rings. The van der Waals surface area contributed by atoms with Gasteiger partial charge >= 0.3 is 0 Å². The van der Waals surface area contributed by atoms with Crippen LogP contribution in [0.4, 0.5) is 5.69 Å². The lowest BCUT2D eigenvalue weighted by Gasteiger charge is -2.32. The average Bonchev–Trinajstić information content (AvgIpc) is 3.21. The fourth-order valence-electron chi connectivity index (χ4n) is 3.66. The number of nitrogens with one attached hydrogen (secondary N) is 3. The first-order valence-electron chi connectivity index (χ1n) is 9.94.